The maximum Gasteiger partial charge on any atom is 0.337 e. The van der Waals surface area contributed by atoms with Gasteiger partial charge in [-0.15, -0.1) is 0 Å². The number of benzene rings is 3. The van der Waals surface area contributed by atoms with Gasteiger partial charge in [-0.3, -0.25) is 14.3 Å². The van der Waals surface area contributed by atoms with Crippen molar-refractivity contribution in [2.45, 2.75) is 19.6 Å². The number of carbonyl (C=O) groups is 1. The highest BCUT2D eigenvalue weighted by atomic mass is 16.5. The molecule has 8 nitrogen and oxygen atoms in total. The Kier molecular flexibility index (Phi) is 7.11. The molecule has 4 rings (SSSR count). The highest BCUT2D eigenvalue weighted by Gasteiger charge is 2.20. The SMILES string of the molecule is COC(=O)c1cccc(CN(Cc2ccccc2)c2c(N)n(Cc3ccccc3)c(=O)[nH]c2=O)c1. The summed E-state index contributed by atoms with van der Waals surface area (Å²) in [5, 5.41) is 0. The molecule has 0 radical (unpaired) electrons. The molecular weight excluding hydrogens is 444 g/mol. The fourth-order valence-corrected chi connectivity index (χ4v) is 3.96. The average Bonchev–Trinajstić information content (AvgIpc) is 2.87. The summed E-state index contributed by atoms with van der Waals surface area (Å²) in [5.74, 6) is -0.377. The second-order valence-electron chi connectivity index (χ2n) is 8.10. The number of esters is 1. The smallest absolute Gasteiger partial charge is 0.337 e. The van der Waals surface area contributed by atoms with Gasteiger partial charge in [0.25, 0.3) is 5.56 Å². The van der Waals surface area contributed by atoms with Crippen LogP contribution in [0.25, 0.3) is 0 Å². The predicted molar refractivity (Wildman–Crippen MR) is 135 cm³/mol. The lowest BCUT2D eigenvalue weighted by Crippen LogP contribution is -2.38. The van der Waals surface area contributed by atoms with Gasteiger partial charge in [0.05, 0.1) is 19.2 Å². The summed E-state index contributed by atoms with van der Waals surface area (Å²) in [4.78, 5) is 42.0. The highest BCUT2D eigenvalue weighted by Crippen LogP contribution is 2.23. The Labute approximate surface area is 202 Å². The number of anilines is 2. The molecule has 1 heterocycles. The van der Waals surface area contributed by atoms with E-state index in [9.17, 15) is 14.4 Å². The Morgan fingerprint density at radius 3 is 2.14 bits per heavy atom. The number of nitrogens with one attached hydrogen (secondary N) is 1. The molecule has 0 aliphatic rings. The molecule has 35 heavy (non-hydrogen) atoms. The van der Waals surface area contributed by atoms with Gasteiger partial charge in [-0.1, -0.05) is 72.8 Å². The van der Waals surface area contributed by atoms with Crippen molar-refractivity contribution in [2.24, 2.45) is 0 Å². The fourth-order valence-electron chi connectivity index (χ4n) is 3.96. The number of H-pyrrole nitrogens is 1. The molecule has 0 saturated carbocycles. The van der Waals surface area contributed by atoms with Gasteiger partial charge in [-0.05, 0) is 28.8 Å². The molecule has 1 aromatic heterocycles. The van der Waals surface area contributed by atoms with Crippen molar-refractivity contribution in [2.75, 3.05) is 17.7 Å². The third-order valence-corrected chi connectivity index (χ3v) is 5.65. The van der Waals surface area contributed by atoms with Crippen LogP contribution in [0.2, 0.25) is 0 Å². The number of nitrogen functional groups attached to an aromatic ring is 1. The van der Waals surface area contributed by atoms with Crippen LogP contribution >= 0.6 is 0 Å². The lowest BCUT2D eigenvalue weighted by atomic mass is 10.1. The molecule has 3 aromatic carbocycles. The van der Waals surface area contributed by atoms with Crippen molar-refractivity contribution >= 4 is 17.5 Å². The Hall–Kier alpha value is -4.59. The van der Waals surface area contributed by atoms with Crippen LogP contribution < -0.4 is 21.9 Å². The summed E-state index contributed by atoms with van der Waals surface area (Å²) in [6.45, 7) is 0.850. The largest absolute Gasteiger partial charge is 0.465 e. The summed E-state index contributed by atoms with van der Waals surface area (Å²) in [7, 11) is 1.33. The van der Waals surface area contributed by atoms with E-state index in [4.69, 9.17) is 10.5 Å². The Morgan fingerprint density at radius 1 is 0.886 bits per heavy atom. The van der Waals surface area contributed by atoms with Crippen molar-refractivity contribution in [1.82, 2.24) is 9.55 Å². The van der Waals surface area contributed by atoms with Crippen molar-refractivity contribution < 1.29 is 9.53 Å². The zero-order valence-electron chi connectivity index (χ0n) is 19.3. The van der Waals surface area contributed by atoms with Crippen LogP contribution in [0.3, 0.4) is 0 Å². The molecular formula is C27H26N4O4. The number of nitrogens with zero attached hydrogens (tertiary/aromatic N) is 2. The number of carbonyl (C=O) groups excluding carboxylic acids is 1. The summed E-state index contributed by atoms with van der Waals surface area (Å²) in [6, 6.07) is 26.0. The Balaban J connectivity index is 1.78. The quantitative estimate of drug-likeness (QED) is 0.383. The average molecular weight is 471 g/mol. The minimum atomic E-state index is -0.576. The van der Waals surface area contributed by atoms with E-state index in [1.807, 2.05) is 66.7 Å². The number of aromatic nitrogens is 2. The number of methoxy groups -OCH3 is 1. The first kappa shape index (κ1) is 23.6. The zero-order valence-corrected chi connectivity index (χ0v) is 19.3. The van der Waals surface area contributed by atoms with E-state index in [-0.39, 0.29) is 24.6 Å². The fraction of sp³-hybridized carbons (Fsp3) is 0.148. The molecule has 8 heteroatoms. The van der Waals surface area contributed by atoms with Gasteiger partial charge in [0, 0.05) is 13.1 Å². The lowest BCUT2D eigenvalue weighted by Gasteiger charge is -2.27. The topological polar surface area (TPSA) is 110 Å². The van der Waals surface area contributed by atoms with Gasteiger partial charge in [0.1, 0.15) is 11.5 Å². The number of hydrogen-bond donors (Lipinski definition) is 2. The van der Waals surface area contributed by atoms with E-state index >= 15 is 0 Å². The molecule has 0 saturated heterocycles. The molecule has 3 N–H and O–H groups in total. The third-order valence-electron chi connectivity index (χ3n) is 5.65. The van der Waals surface area contributed by atoms with Gasteiger partial charge in [-0.25, -0.2) is 9.59 Å². The first-order valence-electron chi connectivity index (χ1n) is 11.1. The van der Waals surface area contributed by atoms with Crippen LogP contribution in [-0.4, -0.2) is 22.6 Å². The molecule has 4 aromatic rings. The van der Waals surface area contributed by atoms with Crippen LogP contribution in [0.15, 0.2) is 94.5 Å². The van der Waals surface area contributed by atoms with E-state index < -0.39 is 17.2 Å². The third kappa shape index (κ3) is 5.50. The van der Waals surface area contributed by atoms with Crippen LogP contribution in [0.4, 0.5) is 11.5 Å². The molecule has 0 atom stereocenters. The predicted octanol–water partition coefficient (Wildman–Crippen LogP) is 3.16. The monoisotopic (exact) mass is 470 g/mol. The van der Waals surface area contributed by atoms with Crippen LogP contribution in [-0.2, 0) is 24.4 Å². The molecule has 0 bridgehead atoms. The zero-order chi connectivity index (χ0) is 24.8. The van der Waals surface area contributed by atoms with E-state index in [1.54, 1.807) is 23.1 Å². The number of nitrogens with two attached hydrogens (primary N) is 1. The number of hydrogen-bond acceptors (Lipinski definition) is 6. The van der Waals surface area contributed by atoms with Crippen LogP contribution in [0.5, 0.6) is 0 Å². The second kappa shape index (κ2) is 10.6. The van der Waals surface area contributed by atoms with E-state index in [0.29, 0.717) is 12.1 Å². The minimum absolute atomic E-state index is 0.0719. The van der Waals surface area contributed by atoms with Gasteiger partial charge in [-0.2, -0.15) is 0 Å². The number of aromatic amines is 1. The first-order chi connectivity index (χ1) is 17.0. The van der Waals surface area contributed by atoms with Crippen LogP contribution in [0.1, 0.15) is 27.0 Å². The second-order valence-corrected chi connectivity index (χ2v) is 8.10. The summed E-state index contributed by atoms with van der Waals surface area (Å²) in [6.07, 6.45) is 0. The Bertz CT molecular complexity index is 1430. The van der Waals surface area contributed by atoms with Gasteiger partial charge in [0.15, 0.2) is 0 Å². The number of ether oxygens (including phenoxy) is 1. The molecule has 0 fully saturated rings. The van der Waals surface area contributed by atoms with Gasteiger partial charge < -0.3 is 15.4 Å². The van der Waals surface area contributed by atoms with Crippen LogP contribution in [0, 0.1) is 0 Å². The molecule has 0 aliphatic heterocycles. The maximum absolute atomic E-state index is 13.0. The van der Waals surface area contributed by atoms with E-state index in [1.165, 1.54) is 11.7 Å². The van der Waals surface area contributed by atoms with E-state index in [0.717, 1.165) is 16.7 Å². The van der Waals surface area contributed by atoms with E-state index in [2.05, 4.69) is 4.98 Å². The van der Waals surface area contributed by atoms with Crippen molar-refractivity contribution in [3.63, 3.8) is 0 Å². The number of rotatable bonds is 8. The van der Waals surface area contributed by atoms with Gasteiger partial charge in [0.2, 0.25) is 0 Å². The lowest BCUT2D eigenvalue weighted by molar-refractivity contribution is 0.0600. The van der Waals surface area contributed by atoms with Crippen molar-refractivity contribution in [3.05, 3.63) is 128 Å². The summed E-state index contributed by atoms with van der Waals surface area (Å²) < 4.78 is 6.19. The molecule has 178 valence electrons. The molecule has 0 unspecified atom stereocenters. The van der Waals surface area contributed by atoms with Crippen molar-refractivity contribution in [3.8, 4) is 0 Å². The Morgan fingerprint density at radius 2 is 1.49 bits per heavy atom. The molecule has 0 amide bonds. The molecule has 0 aliphatic carbocycles. The highest BCUT2D eigenvalue weighted by molar-refractivity contribution is 5.89. The maximum atomic E-state index is 13.0. The summed E-state index contributed by atoms with van der Waals surface area (Å²) in [5.41, 5.74) is 8.52. The summed E-state index contributed by atoms with van der Waals surface area (Å²) >= 11 is 0. The molecule has 0 spiro atoms. The first-order valence-corrected chi connectivity index (χ1v) is 11.1. The standard InChI is InChI=1S/C27H26N4O4/c1-35-26(33)22-14-8-13-21(15-22)17-30(16-19-9-4-2-5-10-19)23-24(28)31(27(34)29-25(23)32)18-20-11-6-3-7-12-20/h2-15H,16-18,28H2,1H3,(H,29,32,34). The minimum Gasteiger partial charge on any atom is -0.465 e. The normalized spacial score (nSPS) is 10.7. The van der Waals surface area contributed by atoms with Crippen molar-refractivity contribution in [1.29, 1.82) is 0 Å². The van der Waals surface area contributed by atoms with Gasteiger partial charge >= 0.3 is 11.7 Å².